The monoisotopic (exact) mass is 518 g/mol. The number of rotatable bonds is 7. The highest BCUT2D eigenvalue weighted by Crippen LogP contribution is 2.15. The van der Waals surface area contributed by atoms with Gasteiger partial charge < -0.3 is 9.30 Å². The van der Waals surface area contributed by atoms with E-state index in [1.165, 1.54) is 18.0 Å². The van der Waals surface area contributed by atoms with Crippen LogP contribution >= 0.6 is 0 Å². The van der Waals surface area contributed by atoms with Crippen molar-refractivity contribution < 1.29 is 14.3 Å². The zero-order chi connectivity index (χ0) is 28.5. The highest BCUT2D eigenvalue weighted by atomic mass is 16.5. The molecule has 2 heterocycles. The first-order valence-electron chi connectivity index (χ1n) is 12.9. The Hall–Kier alpha value is -4.33. The van der Waals surface area contributed by atoms with Crippen LogP contribution < -0.4 is 5.56 Å². The third-order valence-corrected chi connectivity index (χ3v) is 4.90. The molecule has 0 atom stereocenters. The van der Waals surface area contributed by atoms with Crippen LogP contribution in [0.1, 0.15) is 63.3 Å². The molecule has 2 aromatic carbocycles. The molecule has 38 heavy (non-hydrogen) atoms. The van der Waals surface area contributed by atoms with Crippen LogP contribution in [0.25, 0.3) is 11.2 Å². The molecule has 4 aromatic rings. The normalized spacial score (nSPS) is 9.87. The molecule has 0 bridgehead atoms. The van der Waals surface area contributed by atoms with E-state index in [0.29, 0.717) is 18.7 Å². The fraction of sp³-hybridized carbons (Fsp3) is 0.300. The molecule has 2 aromatic heterocycles. The van der Waals surface area contributed by atoms with E-state index >= 15 is 0 Å². The molecule has 0 fully saturated rings. The molecule has 0 aliphatic heterocycles. The third-order valence-electron chi connectivity index (χ3n) is 4.90. The van der Waals surface area contributed by atoms with Gasteiger partial charge in [0.2, 0.25) is 5.78 Å². The Morgan fingerprint density at radius 1 is 0.816 bits per heavy atom. The van der Waals surface area contributed by atoms with Crippen LogP contribution in [0.4, 0.5) is 0 Å². The minimum absolute atomic E-state index is 0.0195. The van der Waals surface area contributed by atoms with Crippen molar-refractivity contribution in [2.24, 2.45) is 0 Å². The number of imidazole rings is 1. The van der Waals surface area contributed by atoms with Gasteiger partial charge in [0.05, 0.1) is 20.2 Å². The zero-order valence-electron chi connectivity index (χ0n) is 23.3. The number of ketones is 1. The van der Waals surface area contributed by atoms with Crippen molar-refractivity contribution in [2.75, 3.05) is 7.11 Å². The quantitative estimate of drug-likeness (QED) is 0.177. The summed E-state index contributed by atoms with van der Waals surface area (Å²) in [5.41, 5.74) is 1.90. The summed E-state index contributed by atoms with van der Waals surface area (Å²) < 4.78 is 7.58. The fourth-order valence-corrected chi connectivity index (χ4v) is 3.31. The number of hydrogen-bond acceptors (Lipinski definition) is 6. The molecule has 8 nitrogen and oxygen atoms in total. The predicted octanol–water partition coefficient (Wildman–Crippen LogP) is 5.68. The van der Waals surface area contributed by atoms with Crippen molar-refractivity contribution in [3.63, 3.8) is 0 Å². The first kappa shape index (κ1) is 31.7. The minimum Gasteiger partial charge on any atom is -0.466 e. The SMILES string of the molecule is CC.CC.CC.COC(=O)/C=C/C(=O)c1nc2c(=O)n(Cc3ccccc3)cnc2n1Cc1ccccc1. The van der Waals surface area contributed by atoms with Crippen molar-refractivity contribution in [1.29, 1.82) is 0 Å². The second-order valence-corrected chi connectivity index (χ2v) is 7.06. The molecule has 0 aliphatic carbocycles. The van der Waals surface area contributed by atoms with Gasteiger partial charge in [-0.2, -0.15) is 0 Å². The summed E-state index contributed by atoms with van der Waals surface area (Å²) in [6, 6.07) is 19.0. The number of ether oxygens (including phenoxy) is 1. The molecule has 0 aliphatic rings. The fourth-order valence-electron chi connectivity index (χ4n) is 3.31. The lowest BCUT2D eigenvalue weighted by atomic mass is 10.2. The van der Waals surface area contributed by atoms with Crippen molar-refractivity contribution in [3.05, 3.63) is 106 Å². The highest BCUT2D eigenvalue weighted by molar-refractivity contribution is 6.06. The van der Waals surface area contributed by atoms with E-state index in [4.69, 9.17) is 0 Å². The Morgan fingerprint density at radius 3 is 1.87 bits per heavy atom. The second kappa shape index (κ2) is 17.2. The van der Waals surface area contributed by atoms with E-state index in [1.807, 2.05) is 102 Å². The van der Waals surface area contributed by atoms with Crippen LogP contribution in [0, 0.1) is 0 Å². The third kappa shape index (κ3) is 8.37. The van der Waals surface area contributed by atoms with Gasteiger partial charge in [-0.25, -0.2) is 14.8 Å². The van der Waals surface area contributed by atoms with E-state index < -0.39 is 11.8 Å². The van der Waals surface area contributed by atoms with Crippen molar-refractivity contribution in [2.45, 2.75) is 54.6 Å². The molecule has 0 spiro atoms. The van der Waals surface area contributed by atoms with E-state index in [1.54, 1.807) is 4.57 Å². The maximum absolute atomic E-state index is 13.1. The molecule has 0 radical (unpaired) electrons. The number of hydrogen-bond donors (Lipinski definition) is 0. The van der Waals surface area contributed by atoms with Gasteiger partial charge in [-0.15, -0.1) is 0 Å². The van der Waals surface area contributed by atoms with Gasteiger partial charge >= 0.3 is 5.97 Å². The van der Waals surface area contributed by atoms with Gasteiger partial charge in [0.1, 0.15) is 6.33 Å². The summed E-state index contributed by atoms with van der Waals surface area (Å²) in [4.78, 5) is 46.1. The lowest BCUT2D eigenvalue weighted by Crippen LogP contribution is -2.21. The summed E-state index contributed by atoms with van der Waals surface area (Å²) in [6.45, 7) is 12.6. The Bertz CT molecular complexity index is 1360. The van der Waals surface area contributed by atoms with Crippen LogP contribution in [0.5, 0.6) is 0 Å². The van der Waals surface area contributed by atoms with E-state index in [2.05, 4.69) is 14.7 Å². The zero-order valence-corrected chi connectivity index (χ0v) is 23.3. The van der Waals surface area contributed by atoms with Crippen molar-refractivity contribution in [1.82, 2.24) is 19.1 Å². The number of carbonyl (C=O) groups excluding carboxylic acids is 2. The van der Waals surface area contributed by atoms with Crippen LogP contribution in [0.3, 0.4) is 0 Å². The second-order valence-electron chi connectivity index (χ2n) is 7.06. The van der Waals surface area contributed by atoms with Gasteiger partial charge in [-0.3, -0.25) is 14.2 Å². The molecule has 0 N–H and O–H groups in total. The maximum atomic E-state index is 13.1. The summed E-state index contributed by atoms with van der Waals surface area (Å²) in [5.74, 6) is -1.17. The Morgan fingerprint density at radius 2 is 1.34 bits per heavy atom. The Labute approximate surface area is 224 Å². The van der Waals surface area contributed by atoms with E-state index in [-0.39, 0.29) is 16.9 Å². The lowest BCUT2D eigenvalue weighted by Gasteiger charge is -2.08. The highest BCUT2D eigenvalue weighted by Gasteiger charge is 2.20. The molecule has 0 amide bonds. The molecule has 0 saturated carbocycles. The van der Waals surface area contributed by atoms with Crippen LogP contribution in [0.2, 0.25) is 0 Å². The van der Waals surface area contributed by atoms with Gasteiger partial charge in [0.15, 0.2) is 17.0 Å². The average molecular weight is 519 g/mol. The molecule has 202 valence electrons. The molecular formula is C30H38N4O4. The number of benzene rings is 2. The average Bonchev–Trinajstić information content (AvgIpc) is 3.36. The standard InChI is InChI=1S/C24H20N4O4.3C2H6/c1-32-20(30)13-12-19(29)22-26-21-23(28(22)15-18-10-6-3-7-11-18)25-16-27(24(21)31)14-17-8-4-2-5-9-17;3*1-2/h2-13,16H,14-15H2,1H3;3*1-2H3/b13-12+;;;. The van der Waals surface area contributed by atoms with Gasteiger partial charge in [-0.05, 0) is 17.2 Å². The van der Waals surface area contributed by atoms with Crippen LogP contribution in [-0.2, 0) is 22.6 Å². The largest absolute Gasteiger partial charge is 0.466 e. The number of fused-ring (bicyclic) bond motifs is 1. The number of aromatic nitrogens is 4. The van der Waals surface area contributed by atoms with Crippen LogP contribution in [-0.4, -0.2) is 38.0 Å². The first-order valence-corrected chi connectivity index (χ1v) is 12.9. The number of carbonyl (C=O) groups is 2. The van der Waals surface area contributed by atoms with Crippen molar-refractivity contribution in [3.8, 4) is 0 Å². The summed E-state index contributed by atoms with van der Waals surface area (Å²) in [7, 11) is 1.22. The number of esters is 1. The minimum atomic E-state index is -0.660. The van der Waals surface area contributed by atoms with Crippen molar-refractivity contribution >= 4 is 22.9 Å². The number of allylic oxidation sites excluding steroid dienone is 1. The molecule has 0 unspecified atom stereocenters. The predicted molar refractivity (Wildman–Crippen MR) is 152 cm³/mol. The Balaban J connectivity index is 0.00000112. The lowest BCUT2D eigenvalue weighted by molar-refractivity contribution is -0.134. The van der Waals surface area contributed by atoms with E-state index in [9.17, 15) is 14.4 Å². The molecule has 4 rings (SSSR count). The summed E-state index contributed by atoms with van der Waals surface area (Å²) in [6.07, 6.45) is 3.56. The van der Waals surface area contributed by atoms with Gasteiger partial charge in [0, 0.05) is 6.08 Å². The Kier molecular flexibility index (Phi) is 14.3. The molecule has 0 saturated heterocycles. The van der Waals surface area contributed by atoms with Gasteiger partial charge in [0.25, 0.3) is 5.56 Å². The van der Waals surface area contributed by atoms with Crippen LogP contribution in [0.15, 0.2) is 83.9 Å². The molecule has 8 heteroatoms. The summed E-state index contributed by atoms with van der Waals surface area (Å²) >= 11 is 0. The topological polar surface area (TPSA) is 96.1 Å². The number of methoxy groups -OCH3 is 1. The van der Waals surface area contributed by atoms with E-state index in [0.717, 1.165) is 23.3 Å². The summed E-state index contributed by atoms with van der Waals surface area (Å²) in [5, 5.41) is 0. The van der Waals surface area contributed by atoms with Gasteiger partial charge in [-0.1, -0.05) is 102 Å². The maximum Gasteiger partial charge on any atom is 0.330 e. The molecular weight excluding hydrogens is 480 g/mol. The smallest absolute Gasteiger partial charge is 0.330 e. The number of nitrogens with zero attached hydrogens (tertiary/aromatic N) is 4. The first-order chi connectivity index (χ1) is 18.6.